The van der Waals surface area contributed by atoms with Crippen molar-refractivity contribution in [1.82, 2.24) is 4.57 Å². The summed E-state index contributed by atoms with van der Waals surface area (Å²) in [6.07, 6.45) is 4.27. The number of rotatable bonds is 5. The Morgan fingerprint density at radius 2 is 2.11 bits per heavy atom. The Bertz CT molecular complexity index is 616. The highest BCUT2D eigenvalue weighted by molar-refractivity contribution is 5.84. The van der Waals surface area contributed by atoms with E-state index in [1.165, 1.54) is 12.8 Å². The van der Waals surface area contributed by atoms with Crippen LogP contribution in [-0.2, 0) is 7.05 Å². The summed E-state index contributed by atoms with van der Waals surface area (Å²) in [5, 5.41) is 5.22. The number of aryl methyl sites for hydroxylation is 1. The van der Waals surface area contributed by atoms with Gasteiger partial charge in [-0.1, -0.05) is 20.3 Å². The number of nitrogens with one attached hydrogen (secondary N) is 1. The van der Waals surface area contributed by atoms with Crippen LogP contribution >= 0.6 is 0 Å². The van der Waals surface area contributed by atoms with Gasteiger partial charge in [-0.3, -0.25) is 4.79 Å². The first kappa shape index (κ1) is 13.7. The third-order valence-electron chi connectivity index (χ3n) is 3.52. The van der Waals surface area contributed by atoms with Crippen LogP contribution in [0.3, 0.4) is 0 Å². The van der Waals surface area contributed by atoms with Crippen molar-refractivity contribution in [3.63, 3.8) is 0 Å². The first-order valence-corrected chi connectivity index (χ1v) is 6.95. The minimum atomic E-state index is 0.0587. The first-order chi connectivity index (χ1) is 9.11. The average molecular weight is 258 g/mol. The van der Waals surface area contributed by atoms with E-state index in [4.69, 9.17) is 0 Å². The molecule has 1 unspecified atom stereocenters. The molecule has 3 nitrogen and oxygen atoms in total. The molecule has 0 amide bonds. The van der Waals surface area contributed by atoms with Gasteiger partial charge in [0.15, 0.2) is 0 Å². The van der Waals surface area contributed by atoms with Crippen LogP contribution in [0, 0.1) is 5.92 Å². The highest BCUT2D eigenvalue weighted by Crippen LogP contribution is 2.17. The van der Waals surface area contributed by atoms with Gasteiger partial charge in [-0.2, -0.15) is 0 Å². The van der Waals surface area contributed by atoms with Crippen molar-refractivity contribution in [3.05, 3.63) is 40.8 Å². The van der Waals surface area contributed by atoms with Crippen molar-refractivity contribution in [2.45, 2.75) is 26.7 Å². The van der Waals surface area contributed by atoms with Crippen LogP contribution in [-0.4, -0.2) is 11.1 Å². The third-order valence-corrected chi connectivity index (χ3v) is 3.52. The Labute approximate surface area is 114 Å². The Morgan fingerprint density at radius 1 is 1.32 bits per heavy atom. The summed E-state index contributed by atoms with van der Waals surface area (Å²) in [5.74, 6) is 0.671. The number of pyridine rings is 1. The van der Waals surface area contributed by atoms with Crippen molar-refractivity contribution in [2.24, 2.45) is 13.0 Å². The highest BCUT2D eigenvalue weighted by Gasteiger charge is 2.03. The summed E-state index contributed by atoms with van der Waals surface area (Å²) in [6, 6.07) is 7.93. The number of hydrogen-bond donors (Lipinski definition) is 1. The lowest BCUT2D eigenvalue weighted by molar-refractivity contribution is 0.551. The summed E-state index contributed by atoms with van der Waals surface area (Å²) >= 11 is 0. The molecule has 102 valence electrons. The van der Waals surface area contributed by atoms with Crippen LogP contribution in [0.15, 0.2) is 35.3 Å². The molecular weight excluding hydrogens is 236 g/mol. The maximum Gasteiger partial charge on any atom is 0.258 e. The van der Waals surface area contributed by atoms with Gasteiger partial charge in [0.25, 0.3) is 5.56 Å². The van der Waals surface area contributed by atoms with Crippen molar-refractivity contribution in [1.29, 1.82) is 0 Å². The molecule has 0 bridgehead atoms. The summed E-state index contributed by atoms with van der Waals surface area (Å²) in [5.41, 5.74) is 1.15. The fraction of sp³-hybridized carbons (Fsp3) is 0.438. The summed E-state index contributed by atoms with van der Waals surface area (Å²) < 4.78 is 1.61. The van der Waals surface area contributed by atoms with Gasteiger partial charge in [-0.15, -0.1) is 0 Å². The predicted octanol–water partition coefficient (Wildman–Crippen LogP) is 3.39. The number of anilines is 1. The Hall–Kier alpha value is -1.77. The van der Waals surface area contributed by atoms with Crippen LogP contribution in [0.4, 0.5) is 5.69 Å². The molecule has 0 fully saturated rings. The molecule has 1 aromatic carbocycles. The van der Waals surface area contributed by atoms with Gasteiger partial charge in [-0.05, 0) is 42.0 Å². The van der Waals surface area contributed by atoms with E-state index in [9.17, 15) is 4.79 Å². The summed E-state index contributed by atoms with van der Waals surface area (Å²) in [4.78, 5) is 11.9. The topological polar surface area (TPSA) is 34.0 Å². The lowest BCUT2D eigenvalue weighted by atomic mass is 10.1. The predicted molar refractivity (Wildman–Crippen MR) is 81.8 cm³/mol. The van der Waals surface area contributed by atoms with Gasteiger partial charge < -0.3 is 9.88 Å². The highest BCUT2D eigenvalue weighted by atomic mass is 16.1. The van der Waals surface area contributed by atoms with Crippen LogP contribution in [0.25, 0.3) is 10.8 Å². The fourth-order valence-corrected chi connectivity index (χ4v) is 2.34. The Morgan fingerprint density at radius 3 is 2.84 bits per heavy atom. The summed E-state index contributed by atoms with van der Waals surface area (Å²) in [6.45, 7) is 5.44. The number of nitrogens with zero attached hydrogens (tertiary/aromatic N) is 1. The van der Waals surface area contributed by atoms with Crippen LogP contribution in [0.2, 0.25) is 0 Å². The van der Waals surface area contributed by atoms with Gasteiger partial charge in [0.1, 0.15) is 0 Å². The molecule has 19 heavy (non-hydrogen) atoms. The molecular formula is C16H22N2O. The molecule has 0 saturated carbocycles. The zero-order valence-corrected chi connectivity index (χ0v) is 11.9. The van der Waals surface area contributed by atoms with Crippen molar-refractivity contribution < 1.29 is 0 Å². The maximum absolute atomic E-state index is 11.9. The molecule has 0 aliphatic heterocycles. The third kappa shape index (κ3) is 3.16. The Balaban J connectivity index is 2.18. The van der Waals surface area contributed by atoms with E-state index < -0.39 is 0 Å². The van der Waals surface area contributed by atoms with Crippen molar-refractivity contribution >= 4 is 16.5 Å². The number of hydrogen-bond acceptors (Lipinski definition) is 2. The second-order valence-corrected chi connectivity index (χ2v) is 5.31. The molecule has 1 N–H and O–H groups in total. The lowest BCUT2D eigenvalue weighted by Crippen LogP contribution is -2.15. The van der Waals surface area contributed by atoms with Gasteiger partial charge in [0.05, 0.1) is 0 Å². The van der Waals surface area contributed by atoms with E-state index >= 15 is 0 Å². The minimum Gasteiger partial charge on any atom is -0.385 e. The molecule has 1 atom stereocenters. The number of fused-ring (bicyclic) bond motifs is 1. The zero-order valence-electron chi connectivity index (χ0n) is 11.9. The Kier molecular flexibility index (Phi) is 4.25. The van der Waals surface area contributed by atoms with Gasteiger partial charge in [0, 0.05) is 30.9 Å². The number of benzene rings is 1. The molecule has 1 aromatic heterocycles. The van der Waals surface area contributed by atoms with Gasteiger partial charge in [-0.25, -0.2) is 0 Å². The normalized spacial score (nSPS) is 12.6. The molecule has 3 heteroatoms. The molecule has 0 radical (unpaired) electrons. The smallest absolute Gasteiger partial charge is 0.258 e. The van der Waals surface area contributed by atoms with Crippen molar-refractivity contribution in [3.8, 4) is 0 Å². The first-order valence-electron chi connectivity index (χ1n) is 6.95. The fourth-order valence-electron chi connectivity index (χ4n) is 2.34. The molecule has 0 spiro atoms. The van der Waals surface area contributed by atoms with Crippen LogP contribution < -0.4 is 10.9 Å². The van der Waals surface area contributed by atoms with Crippen LogP contribution in [0.5, 0.6) is 0 Å². The monoisotopic (exact) mass is 258 g/mol. The van der Waals surface area contributed by atoms with Crippen LogP contribution in [0.1, 0.15) is 26.7 Å². The maximum atomic E-state index is 11.9. The molecule has 2 rings (SSSR count). The standard InChI is InChI=1S/C16H22N2O/c1-4-5-12(2)11-17-14-6-7-15-13(10-14)8-9-18(3)16(15)19/h6-10,12,17H,4-5,11H2,1-3H3. The van der Waals surface area contributed by atoms with E-state index in [0.717, 1.165) is 23.0 Å². The van der Waals surface area contributed by atoms with E-state index in [2.05, 4.69) is 25.2 Å². The van der Waals surface area contributed by atoms with E-state index in [0.29, 0.717) is 5.92 Å². The lowest BCUT2D eigenvalue weighted by Gasteiger charge is -2.13. The average Bonchev–Trinajstić information content (AvgIpc) is 2.41. The molecule has 0 aliphatic carbocycles. The quantitative estimate of drug-likeness (QED) is 0.892. The largest absolute Gasteiger partial charge is 0.385 e. The molecule has 1 heterocycles. The molecule has 2 aromatic rings. The minimum absolute atomic E-state index is 0.0587. The van der Waals surface area contributed by atoms with E-state index in [-0.39, 0.29) is 5.56 Å². The van der Waals surface area contributed by atoms with Crippen molar-refractivity contribution in [2.75, 3.05) is 11.9 Å². The molecule has 0 aliphatic rings. The molecule has 0 saturated heterocycles. The van der Waals surface area contributed by atoms with E-state index in [1.54, 1.807) is 11.6 Å². The second-order valence-electron chi connectivity index (χ2n) is 5.31. The van der Waals surface area contributed by atoms with Gasteiger partial charge >= 0.3 is 0 Å². The number of aromatic nitrogens is 1. The second kappa shape index (κ2) is 5.91. The SMILES string of the molecule is CCCC(C)CNc1ccc2c(=O)n(C)ccc2c1. The van der Waals surface area contributed by atoms with Gasteiger partial charge in [0.2, 0.25) is 0 Å². The summed E-state index contributed by atoms with van der Waals surface area (Å²) in [7, 11) is 1.78. The zero-order chi connectivity index (χ0) is 13.8. The van der Waals surface area contributed by atoms with E-state index in [1.807, 2.05) is 24.4 Å².